The van der Waals surface area contributed by atoms with Crippen LogP contribution in [0.5, 0.6) is 11.5 Å². The summed E-state index contributed by atoms with van der Waals surface area (Å²) in [5.74, 6) is -0.471. The van der Waals surface area contributed by atoms with Crippen molar-refractivity contribution in [2.75, 3.05) is 25.0 Å². The number of benzene rings is 2. The zero-order valence-electron chi connectivity index (χ0n) is 16.2. The number of nitrogens with two attached hydrogens (primary N) is 1. The quantitative estimate of drug-likeness (QED) is 0.543. The van der Waals surface area contributed by atoms with Crippen LogP contribution < -0.4 is 10.6 Å². The third-order valence-corrected chi connectivity index (χ3v) is 4.99. The minimum atomic E-state index is -0.692. The molecular weight excluding hydrogens is 407 g/mol. The highest BCUT2D eigenvalue weighted by atomic mass is 35.5. The van der Waals surface area contributed by atoms with E-state index in [4.69, 9.17) is 22.6 Å². The number of phenols is 1. The molecule has 0 aliphatic rings. The van der Waals surface area contributed by atoms with E-state index in [1.54, 1.807) is 18.2 Å². The normalized spacial score (nSPS) is 10.6. The van der Waals surface area contributed by atoms with Crippen molar-refractivity contribution in [3.63, 3.8) is 0 Å². The van der Waals surface area contributed by atoms with E-state index in [1.165, 1.54) is 30.3 Å². The summed E-state index contributed by atoms with van der Waals surface area (Å²) in [6.07, 6.45) is 0.729. The van der Waals surface area contributed by atoms with Gasteiger partial charge in [-0.3, -0.25) is 0 Å². The second-order valence-corrected chi connectivity index (χ2v) is 7.17. The van der Waals surface area contributed by atoms with Crippen LogP contribution in [0.4, 0.5) is 10.2 Å². The van der Waals surface area contributed by atoms with Crippen molar-refractivity contribution < 1.29 is 14.6 Å². The molecule has 30 heavy (non-hydrogen) atoms. The average molecular weight is 427 g/mol. The molecule has 4 N–H and O–H groups in total. The maximum Gasteiger partial charge on any atom is 0.141 e. The van der Waals surface area contributed by atoms with Gasteiger partial charge in [0.05, 0.1) is 21.8 Å². The van der Waals surface area contributed by atoms with E-state index in [9.17, 15) is 14.6 Å². The van der Waals surface area contributed by atoms with E-state index in [0.29, 0.717) is 41.3 Å². The molecule has 1 aromatic heterocycles. The van der Waals surface area contributed by atoms with Crippen molar-refractivity contribution in [2.24, 2.45) is 5.73 Å². The predicted molar refractivity (Wildman–Crippen MR) is 115 cm³/mol. The minimum absolute atomic E-state index is 0.0927. The first-order valence-electron chi connectivity index (χ1n) is 9.19. The van der Waals surface area contributed by atoms with E-state index in [-0.39, 0.29) is 22.1 Å². The van der Waals surface area contributed by atoms with Gasteiger partial charge in [-0.2, -0.15) is 5.26 Å². The van der Waals surface area contributed by atoms with Crippen LogP contribution in [0.3, 0.4) is 0 Å². The molecule has 1 heterocycles. The van der Waals surface area contributed by atoms with Gasteiger partial charge in [0, 0.05) is 25.2 Å². The molecule has 8 heteroatoms. The summed E-state index contributed by atoms with van der Waals surface area (Å²) in [6.45, 7) is 1.12. The maximum absolute atomic E-state index is 14.3. The fourth-order valence-corrected chi connectivity index (χ4v) is 3.19. The Morgan fingerprint density at radius 3 is 2.50 bits per heavy atom. The first-order valence-corrected chi connectivity index (χ1v) is 9.57. The van der Waals surface area contributed by atoms with Gasteiger partial charge < -0.3 is 20.8 Å². The monoisotopic (exact) mass is 426 g/mol. The summed E-state index contributed by atoms with van der Waals surface area (Å²) in [4.78, 5) is 6.48. The summed E-state index contributed by atoms with van der Waals surface area (Å²) in [5, 5.41) is 30.0. The van der Waals surface area contributed by atoms with Gasteiger partial charge in [0.2, 0.25) is 0 Å². The molecule has 154 valence electrons. The molecule has 0 saturated carbocycles. The molecule has 0 amide bonds. The lowest BCUT2D eigenvalue weighted by Gasteiger charge is -2.21. The van der Waals surface area contributed by atoms with Crippen LogP contribution in [0.2, 0.25) is 5.02 Å². The Morgan fingerprint density at radius 1 is 1.13 bits per heavy atom. The molecule has 0 atom stereocenters. The Hall–Kier alpha value is -3.34. The van der Waals surface area contributed by atoms with E-state index in [0.717, 1.165) is 6.42 Å². The number of aromatic hydroxyl groups is 2. The van der Waals surface area contributed by atoms with Crippen LogP contribution in [0.25, 0.3) is 22.4 Å². The smallest absolute Gasteiger partial charge is 0.141 e. The van der Waals surface area contributed by atoms with Crippen molar-refractivity contribution in [1.82, 2.24) is 4.98 Å². The molecule has 0 aliphatic heterocycles. The topological polar surface area (TPSA) is 106 Å². The summed E-state index contributed by atoms with van der Waals surface area (Å²) in [6, 6.07) is 11.9. The van der Waals surface area contributed by atoms with Crippen LogP contribution in [0.15, 0.2) is 42.5 Å². The molecule has 0 spiro atoms. The van der Waals surface area contributed by atoms with Crippen molar-refractivity contribution >= 4 is 17.4 Å². The summed E-state index contributed by atoms with van der Waals surface area (Å²) in [7, 11) is 1.81. The van der Waals surface area contributed by atoms with Gasteiger partial charge in [0.1, 0.15) is 29.2 Å². The predicted octanol–water partition coefficient (Wildman–Crippen LogP) is 4.28. The summed E-state index contributed by atoms with van der Waals surface area (Å²) in [5.41, 5.74) is 6.92. The van der Waals surface area contributed by atoms with Gasteiger partial charge in [0.15, 0.2) is 0 Å². The van der Waals surface area contributed by atoms with Crippen LogP contribution in [0, 0.1) is 17.1 Å². The first kappa shape index (κ1) is 21.4. The molecule has 0 saturated heterocycles. The molecule has 0 fully saturated rings. The van der Waals surface area contributed by atoms with E-state index >= 15 is 0 Å². The number of hydrogen-bond donors (Lipinski definition) is 3. The van der Waals surface area contributed by atoms with Gasteiger partial charge in [-0.25, -0.2) is 9.37 Å². The maximum atomic E-state index is 14.3. The molecule has 0 aliphatic carbocycles. The van der Waals surface area contributed by atoms with E-state index in [2.05, 4.69) is 4.98 Å². The van der Waals surface area contributed by atoms with Crippen LogP contribution >= 0.6 is 11.6 Å². The van der Waals surface area contributed by atoms with Gasteiger partial charge in [-0.15, -0.1) is 0 Å². The third kappa shape index (κ3) is 4.30. The molecule has 0 unspecified atom stereocenters. The number of anilines is 1. The number of halogens is 2. The highest BCUT2D eigenvalue weighted by molar-refractivity contribution is 6.32. The molecular formula is C22H20ClFN4O2. The van der Waals surface area contributed by atoms with Gasteiger partial charge >= 0.3 is 0 Å². The fourth-order valence-electron chi connectivity index (χ4n) is 3.07. The van der Waals surface area contributed by atoms with Gasteiger partial charge in [-0.05, 0) is 42.8 Å². The summed E-state index contributed by atoms with van der Waals surface area (Å²) < 4.78 is 14.3. The number of rotatable bonds is 6. The van der Waals surface area contributed by atoms with E-state index < -0.39 is 5.82 Å². The molecule has 0 bridgehead atoms. The van der Waals surface area contributed by atoms with Crippen LogP contribution in [-0.4, -0.2) is 35.3 Å². The van der Waals surface area contributed by atoms with Crippen molar-refractivity contribution in [1.29, 1.82) is 5.26 Å². The summed E-state index contributed by atoms with van der Waals surface area (Å²) >= 11 is 5.91. The average Bonchev–Trinajstić information content (AvgIpc) is 2.73. The molecule has 2 aromatic carbocycles. The standard InChI is InChI=1S/C22H20ClFN4O2/c1-28(8-2-7-25)20-11-19(30)21(13-5-6-16(23)18(29)10-13)22(27-20)14-3-4-15(12-26)17(24)9-14/h3-6,9-11,29H,2,7-8,25H2,1H3,(H,27,30). The Kier molecular flexibility index (Phi) is 6.40. The number of pyridine rings is 1. The molecule has 6 nitrogen and oxygen atoms in total. The zero-order chi connectivity index (χ0) is 21.8. The fraction of sp³-hybridized carbons (Fsp3) is 0.182. The largest absolute Gasteiger partial charge is 0.507 e. The van der Waals surface area contributed by atoms with Crippen LogP contribution in [0.1, 0.15) is 12.0 Å². The number of nitriles is 1. The van der Waals surface area contributed by atoms with Crippen molar-refractivity contribution in [2.45, 2.75) is 6.42 Å². The Bertz CT molecular complexity index is 1130. The molecule has 3 aromatic rings. The van der Waals surface area contributed by atoms with E-state index in [1.807, 2.05) is 11.9 Å². The minimum Gasteiger partial charge on any atom is -0.507 e. The number of hydrogen-bond acceptors (Lipinski definition) is 6. The number of aromatic nitrogens is 1. The SMILES string of the molecule is CN(CCCN)c1cc(O)c(-c2ccc(Cl)c(O)c2)c(-c2ccc(C#N)c(F)c2)n1. The number of phenolic OH excluding ortho intramolecular Hbond substituents is 1. The molecule has 0 radical (unpaired) electrons. The number of nitrogens with zero attached hydrogens (tertiary/aromatic N) is 3. The Labute approximate surface area is 178 Å². The van der Waals surface area contributed by atoms with Crippen LogP contribution in [-0.2, 0) is 0 Å². The highest BCUT2D eigenvalue weighted by Gasteiger charge is 2.19. The lowest BCUT2D eigenvalue weighted by molar-refractivity contribution is 0.474. The van der Waals surface area contributed by atoms with Crippen molar-refractivity contribution in [3.05, 3.63) is 58.9 Å². The Balaban J connectivity index is 2.24. The van der Waals surface area contributed by atoms with Gasteiger partial charge in [-0.1, -0.05) is 23.7 Å². The third-order valence-electron chi connectivity index (χ3n) is 4.67. The second kappa shape index (κ2) is 8.99. The Morgan fingerprint density at radius 2 is 1.87 bits per heavy atom. The highest BCUT2D eigenvalue weighted by Crippen LogP contribution is 2.42. The second-order valence-electron chi connectivity index (χ2n) is 6.76. The molecule has 3 rings (SSSR count). The van der Waals surface area contributed by atoms with Crippen molar-refractivity contribution in [3.8, 4) is 40.0 Å². The zero-order valence-corrected chi connectivity index (χ0v) is 17.0. The first-order chi connectivity index (χ1) is 14.3. The lowest BCUT2D eigenvalue weighted by atomic mass is 9.97. The van der Waals surface area contributed by atoms with Gasteiger partial charge in [0.25, 0.3) is 0 Å². The lowest BCUT2D eigenvalue weighted by Crippen LogP contribution is -2.22.